The van der Waals surface area contributed by atoms with Gasteiger partial charge in [-0.05, 0) is 81.8 Å². The van der Waals surface area contributed by atoms with E-state index in [0.29, 0.717) is 30.8 Å². The van der Waals surface area contributed by atoms with Gasteiger partial charge in [-0.1, -0.05) is 25.1 Å². The van der Waals surface area contributed by atoms with Crippen LogP contribution in [0.5, 0.6) is 0 Å². The summed E-state index contributed by atoms with van der Waals surface area (Å²) < 4.78 is -0.664. The van der Waals surface area contributed by atoms with Gasteiger partial charge in [-0.25, -0.2) is 0 Å². The maximum Gasteiger partial charge on any atom is 0.248 e. The van der Waals surface area contributed by atoms with Gasteiger partial charge in [0, 0.05) is 48.6 Å². The summed E-state index contributed by atoms with van der Waals surface area (Å²) in [4.78, 5) is 46.0. The zero-order chi connectivity index (χ0) is 29.1. The van der Waals surface area contributed by atoms with Gasteiger partial charge in [-0.15, -0.1) is 11.8 Å². The molecule has 3 unspecified atom stereocenters. The molecule has 3 heterocycles. The number of anilines is 3. The molecule has 3 saturated heterocycles. The maximum atomic E-state index is 14.2. The van der Waals surface area contributed by atoms with E-state index in [4.69, 9.17) is 0 Å². The van der Waals surface area contributed by atoms with Crippen LogP contribution in [0, 0.1) is 17.8 Å². The Morgan fingerprint density at radius 2 is 1.63 bits per heavy atom. The quantitative estimate of drug-likeness (QED) is 0.318. The van der Waals surface area contributed by atoms with Crippen LogP contribution in [-0.2, 0) is 14.4 Å². The van der Waals surface area contributed by atoms with Crippen molar-refractivity contribution < 1.29 is 19.5 Å². The van der Waals surface area contributed by atoms with E-state index in [0.717, 1.165) is 31.6 Å². The first-order valence-corrected chi connectivity index (χ1v) is 15.8. The molecule has 0 radical (unpaired) electrons. The minimum Gasteiger partial charge on any atom is -0.396 e. The van der Waals surface area contributed by atoms with E-state index in [1.54, 1.807) is 16.7 Å². The Balaban J connectivity index is 1.43. The summed E-state index contributed by atoms with van der Waals surface area (Å²) in [6, 6.07) is 16.5. The lowest BCUT2D eigenvalue weighted by Gasteiger charge is -2.38. The Bertz CT molecular complexity index is 1240. The average molecular weight is 579 g/mol. The molecule has 2 aromatic carbocycles. The predicted octanol–water partition coefficient (Wildman–Crippen LogP) is 4.61. The molecule has 0 saturated carbocycles. The van der Waals surface area contributed by atoms with Crippen LogP contribution in [0.4, 0.5) is 17.1 Å². The Morgan fingerprint density at radius 1 is 0.976 bits per heavy atom. The molecule has 9 heteroatoms. The summed E-state index contributed by atoms with van der Waals surface area (Å²) in [5.41, 5.74) is 2.50. The molecule has 0 aliphatic carbocycles. The fraction of sp³-hybridized carbons (Fsp3) is 0.531. The summed E-state index contributed by atoms with van der Waals surface area (Å²) >= 11 is 1.68. The predicted molar refractivity (Wildman–Crippen MR) is 165 cm³/mol. The van der Waals surface area contributed by atoms with Gasteiger partial charge in [0.05, 0.1) is 16.6 Å². The lowest BCUT2D eigenvalue weighted by Crippen LogP contribution is -2.54. The van der Waals surface area contributed by atoms with Gasteiger partial charge in [0.15, 0.2) is 0 Å². The first-order chi connectivity index (χ1) is 19.8. The number of carbonyl (C=O) groups is 3. The monoisotopic (exact) mass is 578 g/mol. The Morgan fingerprint density at radius 3 is 2.29 bits per heavy atom. The van der Waals surface area contributed by atoms with Gasteiger partial charge >= 0.3 is 0 Å². The van der Waals surface area contributed by atoms with Crippen molar-refractivity contribution in [1.82, 2.24) is 4.90 Å². The highest BCUT2D eigenvalue weighted by Gasteiger charge is 2.75. The lowest BCUT2D eigenvalue weighted by molar-refractivity contribution is -0.138. The fourth-order valence-corrected chi connectivity index (χ4v) is 9.66. The molecule has 3 N–H and O–H groups in total. The molecule has 2 aromatic rings. The minimum absolute atomic E-state index is 0.0112. The van der Waals surface area contributed by atoms with Crippen LogP contribution in [-0.4, -0.2) is 70.0 Å². The summed E-state index contributed by atoms with van der Waals surface area (Å²) in [6.45, 7) is 8.69. The molecule has 0 aromatic heterocycles. The number of rotatable bonds is 12. The van der Waals surface area contributed by atoms with Gasteiger partial charge in [-0.3, -0.25) is 14.4 Å². The average Bonchev–Trinajstić information content (AvgIpc) is 3.56. The lowest BCUT2D eigenvalue weighted by atomic mass is 9.66. The third kappa shape index (κ3) is 5.34. The van der Waals surface area contributed by atoms with Crippen LogP contribution in [0.25, 0.3) is 0 Å². The highest BCUT2D eigenvalue weighted by atomic mass is 32.2. The topological polar surface area (TPSA) is 102 Å². The third-order valence-corrected chi connectivity index (χ3v) is 11.2. The number of hydrogen-bond donors (Lipinski definition) is 3. The van der Waals surface area contributed by atoms with E-state index in [2.05, 4.69) is 36.3 Å². The number of nitrogens with zero attached hydrogens (tertiary/aromatic N) is 2. The van der Waals surface area contributed by atoms with E-state index in [-0.39, 0.29) is 35.5 Å². The highest BCUT2D eigenvalue weighted by Crippen LogP contribution is 2.68. The molecule has 3 fully saturated rings. The first-order valence-electron chi connectivity index (χ1n) is 15.0. The second-order valence-corrected chi connectivity index (χ2v) is 13.0. The molecule has 8 nitrogen and oxygen atoms in total. The van der Waals surface area contributed by atoms with Crippen LogP contribution in [0.1, 0.15) is 46.5 Å². The van der Waals surface area contributed by atoms with Crippen LogP contribution in [0.15, 0.2) is 54.6 Å². The van der Waals surface area contributed by atoms with Gasteiger partial charge in [0.1, 0.15) is 6.04 Å². The molecule has 1 spiro atoms. The standard InChI is InChI=1S/C32H42N4O4S/c1-4-35(5-2)24-16-14-23(15-17-24)34-30(39)28-32-21(3)20-25(41-32)26(29(38)33-22-12-8-6-9-13-22)27(32)31(40)36(28)18-10-7-11-19-37/h6,8-9,12-17,21,25-28,37H,4-5,7,10-11,18-20H2,1-3H3,(H,33,38)(H,34,39)/t21?,25-,26+,27+,28?,32?/m1/s1. The first kappa shape index (κ1) is 29.5. The number of thioether (sulfide) groups is 1. The van der Waals surface area contributed by atoms with Crippen molar-refractivity contribution in [3.8, 4) is 0 Å². The maximum absolute atomic E-state index is 14.2. The van der Waals surface area contributed by atoms with Crippen molar-refractivity contribution >= 4 is 46.5 Å². The van der Waals surface area contributed by atoms with Crippen molar-refractivity contribution in [2.45, 2.75) is 62.5 Å². The molecule has 220 valence electrons. The SMILES string of the molecule is CCN(CC)c1ccc(NC(=O)C2N(CCCCCO)C(=O)[C@@H]3[C@@H](C(=O)Nc4ccccc4)[C@H]4CC(C)C23S4)cc1. The Labute approximate surface area is 247 Å². The largest absolute Gasteiger partial charge is 0.396 e. The van der Waals surface area contributed by atoms with Crippen LogP contribution in [0.2, 0.25) is 0 Å². The van der Waals surface area contributed by atoms with E-state index in [1.165, 1.54) is 0 Å². The van der Waals surface area contributed by atoms with Crippen LogP contribution < -0.4 is 15.5 Å². The van der Waals surface area contributed by atoms with Gasteiger partial charge in [-0.2, -0.15) is 0 Å². The number of para-hydroxylation sites is 1. The van der Waals surface area contributed by atoms with Crippen molar-refractivity contribution in [2.75, 3.05) is 41.8 Å². The molecule has 3 aliphatic heterocycles. The summed E-state index contributed by atoms with van der Waals surface area (Å²) in [5.74, 6) is -1.37. The number of carbonyl (C=O) groups excluding carboxylic acids is 3. The highest BCUT2D eigenvalue weighted by molar-refractivity contribution is 8.02. The number of hydrogen-bond acceptors (Lipinski definition) is 6. The van der Waals surface area contributed by atoms with E-state index in [1.807, 2.05) is 54.6 Å². The molecule has 3 aliphatic rings. The molecular formula is C32H42N4O4S. The van der Waals surface area contributed by atoms with E-state index < -0.39 is 22.6 Å². The number of amides is 3. The second-order valence-electron chi connectivity index (χ2n) is 11.4. The van der Waals surface area contributed by atoms with E-state index in [9.17, 15) is 19.5 Å². The second kappa shape index (κ2) is 12.4. The smallest absolute Gasteiger partial charge is 0.248 e. The van der Waals surface area contributed by atoms with Gasteiger partial charge in [0.25, 0.3) is 0 Å². The number of aliphatic hydroxyl groups excluding tert-OH is 1. The van der Waals surface area contributed by atoms with Crippen molar-refractivity contribution in [3.05, 3.63) is 54.6 Å². The third-order valence-electron chi connectivity index (χ3n) is 9.16. The van der Waals surface area contributed by atoms with Crippen molar-refractivity contribution in [1.29, 1.82) is 0 Å². The number of unbranched alkanes of at least 4 members (excludes halogenated alkanes) is 2. The van der Waals surface area contributed by atoms with Crippen LogP contribution >= 0.6 is 11.8 Å². The van der Waals surface area contributed by atoms with Gasteiger partial charge in [0.2, 0.25) is 17.7 Å². The summed E-state index contributed by atoms with van der Waals surface area (Å²) in [6.07, 6.45) is 2.91. The minimum atomic E-state index is -0.670. The number of likely N-dealkylation sites (tertiary alicyclic amines) is 1. The zero-order valence-electron chi connectivity index (χ0n) is 24.2. The number of nitrogens with one attached hydrogen (secondary N) is 2. The zero-order valence-corrected chi connectivity index (χ0v) is 25.0. The summed E-state index contributed by atoms with van der Waals surface area (Å²) in [5, 5.41) is 15.4. The van der Waals surface area contributed by atoms with Crippen molar-refractivity contribution in [2.24, 2.45) is 17.8 Å². The molecule has 41 heavy (non-hydrogen) atoms. The molecule has 6 atom stereocenters. The number of fused-ring (bicyclic) bond motifs is 1. The molecule has 2 bridgehead atoms. The van der Waals surface area contributed by atoms with E-state index >= 15 is 0 Å². The molecule has 5 rings (SSSR count). The Hall–Kier alpha value is -3.04. The van der Waals surface area contributed by atoms with Crippen molar-refractivity contribution in [3.63, 3.8) is 0 Å². The molecular weight excluding hydrogens is 536 g/mol. The Kier molecular flexibility index (Phi) is 8.94. The number of benzene rings is 2. The normalized spacial score (nSPS) is 28.0. The summed E-state index contributed by atoms with van der Waals surface area (Å²) in [7, 11) is 0. The molecule has 3 amide bonds. The van der Waals surface area contributed by atoms with Crippen LogP contribution in [0.3, 0.4) is 0 Å². The fourth-order valence-electron chi connectivity index (χ4n) is 7.23. The number of aliphatic hydroxyl groups is 1. The van der Waals surface area contributed by atoms with Gasteiger partial charge < -0.3 is 25.5 Å².